The van der Waals surface area contributed by atoms with Gasteiger partial charge in [-0.1, -0.05) is 13.3 Å². The van der Waals surface area contributed by atoms with E-state index in [0.717, 1.165) is 18.8 Å². The normalized spacial score (nSPS) is 25.4. The highest BCUT2D eigenvalue weighted by atomic mass is 16.9. The van der Waals surface area contributed by atoms with E-state index in [0.29, 0.717) is 25.7 Å². The van der Waals surface area contributed by atoms with Gasteiger partial charge in [-0.05, 0) is 46.0 Å². The molecule has 17 heavy (non-hydrogen) atoms. The van der Waals surface area contributed by atoms with Gasteiger partial charge >= 0.3 is 0 Å². The van der Waals surface area contributed by atoms with Crippen molar-refractivity contribution in [3.63, 3.8) is 0 Å². The molecule has 0 aromatic heterocycles. The van der Waals surface area contributed by atoms with Crippen LogP contribution in [0.5, 0.6) is 0 Å². The zero-order valence-corrected chi connectivity index (χ0v) is 11.8. The summed E-state index contributed by atoms with van der Waals surface area (Å²) in [5.41, 5.74) is 0. The second-order valence-corrected chi connectivity index (χ2v) is 4.69. The van der Waals surface area contributed by atoms with Gasteiger partial charge in [0, 0.05) is 25.7 Å². The predicted octanol–water partition coefficient (Wildman–Crippen LogP) is 3.58. The molecule has 0 saturated heterocycles. The maximum absolute atomic E-state index is 5.84. The minimum atomic E-state index is -0.790. The Kier molecular flexibility index (Phi) is 6.45. The quantitative estimate of drug-likeness (QED) is 0.611. The van der Waals surface area contributed by atoms with Crippen molar-refractivity contribution < 1.29 is 14.2 Å². The van der Waals surface area contributed by atoms with Gasteiger partial charge in [-0.15, -0.1) is 0 Å². The van der Waals surface area contributed by atoms with E-state index in [1.807, 2.05) is 20.8 Å². The average Bonchev–Trinajstić information content (AvgIpc) is 2.79. The third kappa shape index (κ3) is 3.67. The van der Waals surface area contributed by atoms with Crippen LogP contribution in [0, 0.1) is 11.8 Å². The Balaban J connectivity index is 2.72. The first-order valence-electron chi connectivity index (χ1n) is 7.14. The summed E-state index contributed by atoms with van der Waals surface area (Å²) in [6.07, 6.45) is 4.84. The molecule has 1 fully saturated rings. The molecule has 3 heteroatoms. The molecule has 1 aliphatic rings. The molecule has 0 radical (unpaired) electrons. The van der Waals surface area contributed by atoms with Crippen molar-refractivity contribution in [2.75, 3.05) is 19.8 Å². The Morgan fingerprint density at radius 1 is 0.882 bits per heavy atom. The van der Waals surface area contributed by atoms with E-state index in [2.05, 4.69) is 6.92 Å². The molecule has 2 atom stereocenters. The van der Waals surface area contributed by atoms with Crippen LogP contribution in [-0.2, 0) is 14.2 Å². The Hall–Kier alpha value is -0.120. The van der Waals surface area contributed by atoms with E-state index < -0.39 is 5.97 Å². The number of hydrogen-bond donors (Lipinski definition) is 0. The average molecular weight is 244 g/mol. The summed E-state index contributed by atoms with van der Waals surface area (Å²) < 4.78 is 17.5. The highest BCUT2D eigenvalue weighted by molar-refractivity contribution is 4.82. The molecule has 3 nitrogen and oxygen atoms in total. The van der Waals surface area contributed by atoms with Crippen molar-refractivity contribution >= 4 is 0 Å². The summed E-state index contributed by atoms with van der Waals surface area (Å²) in [6, 6.07) is 0. The zero-order valence-electron chi connectivity index (χ0n) is 11.8. The fraction of sp³-hybridized carbons (Fsp3) is 1.00. The van der Waals surface area contributed by atoms with Crippen molar-refractivity contribution in [1.29, 1.82) is 0 Å². The maximum atomic E-state index is 5.84. The van der Waals surface area contributed by atoms with Crippen molar-refractivity contribution in [2.24, 2.45) is 11.8 Å². The molecule has 0 heterocycles. The molecule has 1 rings (SSSR count). The van der Waals surface area contributed by atoms with E-state index in [1.165, 1.54) is 12.8 Å². The summed E-state index contributed by atoms with van der Waals surface area (Å²) in [6.45, 7) is 10.2. The molecule has 0 amide bonds. The van der Waals surface area contributed by atoms with E-state index in [1.54, 1.807) is 0 Å². The van der Waals surface area contributed by atoms with Crippen LogP contribution in [-0.4, -0.2) is 25.8 Å². The Morgan fingerprint density at radius 2 is 1.41 bits per heavy atom. The van der Waals surface area contributed by atoms with Crippen molar-refractivity contribution in [2.45, 2.75) is 59.4 Å². The van der Waals surface area contributed by atoms with Gasteiger partial charge in [0.05, 0.1) is 0 Å². The van der Waals surface area contributed by atoms with Gasteiger partial charge in [-0.3, -0.25) is 0 Å². The van der Waals surface area contributed by atoms with Crippen LogP contribution >= 0.6 is 0 Å². The van der Waals surface area contributed by atoms with Crippen molar-refractivity contribution in [3.05, 3.63) is 0 Å². The molecule has 0 aromatic rings. The van der Waals surface area contributed by atoms with Crippen LogP contribution in [0.2, 0.25) is 0 Å². The SMILES string of the molecule is CCOC(OCC)(OCC)C1CCC(CC)C1. The van der Waals surface area contributed by atoms with Gasteiger partial charge in [-0.25, -0.2) is 0 Å². The fourth-order valence-electron chi connectivity index (χ4n) is 2.85. The number of hydrogen-bond acceptors (Lipinski definition) is 3. The van der Waals surface area contributed by atoms with Gasteiger partial charge in [0.15, 0.2) is 0 Å². The molecule has 102 valence electrons. The molecule has 2 unspecified atom stereocenters. The third-order valence-electron chi connectivity index (χ3n) is 3.66. The summed E-state index contributed by atoms with van der Waals surface area (Å²) in [4.78, 5) is 0. The monoisotopic (exact) mass is 244 g/mol. The Morgan fingerprint density at radius 3 is 1.76 bits per heavy atom. The number of ether oxygens (including phenoxy) is 3. The van der Waals surface area contributed by atoms with Gasteiger partial charge < -0.3 is 14.2 Å². The Labute approximate surface area is 106 Å². The lowest BCUT2D eigenvalue weighted by molar-refractivity contribution is -0.401. The van der Waals surface area contributed by atoms with Crippen LogP contribution in [0.3, 0.4) is 0 Å². The van der Waals surface area contributed by atoms with E-state index in [-0.39, 0.29) is 0 Å². The summed E-state index contributed by atoms with van der Waals surface area (Å²) in [5.74, 6) is 0.398. The second-order valence-electron chi connectivity index (χ2n) is 4.69. The van der Waals surface area contributed by atoms with E-state index in [9.17, 15) is 0 Å². The van der Waals surface area contributed by atoms with Gasteiger partial charge in [0.1, 0.15) is 0 Å². The van der Waals surface area contributed by atoms with Gasteiger partial charge in [0.2, 0.25) is 0 Å². The maximum Gasteiger partial charge on any atom is 0.285 e. The standard InChI is InChI=1S/C14H28O3/c1-5-12-9-10-13(11-12)14(15-6-2,16-7-3)17-8-4/h12-13H,5-11H2,1-4H3. The van der Waals surface area contributed by atoms with Crippen molar-refractivity contribution in [1.82, 2.24) is 0 Å². The Bertz CT molecular complexity index is 189. The molecular formula is C14H28O3. The zero-order chi connectivity index (χ0) is 12.7. The molecule has 1 aliphatic carbocycles. The highest BCUT2D eigenvalue weighted by Gasteiger charge is 2.45. The molecule has 0 aromatic carbocycles. The predicted molar refractivity (Wildman–Crippen MR) is 68.7 cm³/mol. The summed E-state index contributed by atoms with van der Waals surface area (Å²) >= 11 is 0. The van der Waals surface area contributed by atoms with Crippen LogP contribution in [0.15, 0.2) is 0 Å². The first-order chi connectivity index (χ1) is 8.22. The lowest BCUT2D eigenvalue weighted by Gasteiger charge is -2.37. The smallest absolute Gasteiger partial charge is 0.285 e. The van der Waals surface area contributed by atoms with Gasteiger partial charge in [0.25, 0.3) is 5.97 Å². The molecular weight excluding hydrogens is 216 g/mol. The minimum absolute atomic E-state index is 0.382. The lowest BCUT2D eigenvalue weighted by Crippen LogP contribution is -2.45. The molecule has 0 aliphatic heterocycles. The van der Waals surface area contributed by atoms with Crippen LogP contribution in [0.1, 0.15) is 53.4 Å². The minimum Gasteiger partial charge on any atom is -0.328 e. The second kappa shape index (κ2) is 7.34. The first-order valence-corrected chi connectivity index (χ1v) is 7.14. The topological polar surface area (TPSA) is 27.7 Å². The van der Waals surface area contributed by atoms with E-state index in [4.69, 9.17) is 14.2 Å². The van der Waals surface area contributed by atoms with Crippen molar-refractivity contribution in [3.8, 4) is 0 Å². The summed E-state index contributed by atoms with van der Waals surface area (Å²) in [7, 11) is 0. The van der Waals surface area contributed by atoms with Crippen LogP contribution in [0.25, 0.3) is 0 Å². The lowest BCUT2D eigenvalue weighted by atomic mass is 10.0. The summed E-state index contributed by atoms with van der Waals surface area (Å²) in [5, 5.41) is 0. The highest BCUT2D eigenvalue weighted by Crippen LogP contribution is 2.42. The molecule has 1 saturated carbocycles. The van der Waals surface area contributed by atoms with Crippen LogP contribution in [0.4, 0.5) is 0 Å². The first kappa shape index (κ1) is 14.9. The largest absolute Gasteiger partial charge is 0.328 e. The molecule has 0 bridgehead atoms. The molecule has 0 N–H and O–H groups in total. The third-order valence-corrected chi connectivity index (χ3v) is 3.66. The fourth-order valence-corrected chi connectivity index (χ4v) is 2.85. The van der Waals surface area contributed by atoms with Crippen LogP contribution < -0.4 is 0 Å². The van der Waals surface area contributed by atoms with E-state index >= 15 is 0 Å². The van der Waals surface area contributed by atoms with Gasteiger partial charge in [-0.2, -0.15) is 0 Å². The number of rotatable bonds is 8. The molecule has 0 spiro atoms.